The second-order valence-electron chi connectivity index (χ2n) is 4.37. The van der Waals surface area contributed by atoms with Crippen molar-refractivity contribution < 1.29 is 19.0 Å². The Balaban J connectivity index is 1.81. The van der Waals surface area contributed by atoms with Crippen molar-refractivity contribution in [2.75, 3.05) is 13.2 Å². The molecule has 0 saturated heterocycles. The molecule has 0 fully saturated rings. The van der Waals surface area contributed by atoms with Crippen molar-refractivity contribution in [3.63, 3.8) is 0 Å². The number of rotatable bonds is 6. The van der Waals surface area contributed by atoms with E-state index in [4.69, 9.17) is 9.47 Å². The van der Waals surface area contributed by atoms with Gasteiger partial charge in [-0.05, 0) is 31.2 Å². The summed E-state index contributed by atoms with van der Waals surface area (Å²) >= 11 is 0. The van der Waals surface area contributed by atoms with Crippen LogP contribution in [-0.4, -0.2) is 18.3 Å². The molecule has 0 bridgehead atoms. The van der Waals surface area contributed by atoms with E-state index in [-0.39, 0.29) is 5.56 Å². The molecule has 106 valence electrons. The molecule has 0 heterocycles. The van der Waals surface area contributed by atoms with Crippen LogP contribution in [-0.2, 0) is 0 Å². The fourth-order valence-electron chi connectivity index (χ4n) is 1.77. The van der Waals surface area contributed by atoms with Crippen LogP contribution in [0.5, 0.6) is 11.5 Å². The normalized spacial score (nSPS) is 11.9. The first-order valence-electron chi connectivity index (χ1n) is 6.45. The Morgan fingerprint density at radius 1 is 1.00 bits per heavy atom. The summed E-state index contributed by atoms with van der Waals surface area (Å²) < 4.78 is 24.5. The first-order chi connectivity index (χ1) is 9.66. The van der Waals surface area contributed by atoms with Gasteiger partial charge < -0.3 is 14.6 Å². The zero-order valence-electron chi connectivity index (χ0n) is 11.3. The Morgan fingerprint density at radius 2 is 1.65 bits per heavy atom. The molecule has 0 unspecified atom stereocenters. The van der Waals surface area contributed by atoms with Gasteiger partial charge in [0.2, 0.25) is 0 Å². The third-order valence-electron chi connectivity index (χ3n) is 2.79. The highest BCUT2D eigenvalue weighted by Gasteiger charge is 2.08. The van der Waals surface area contributed by atoms with Gasteiger partial charge in [-0.25, -0.2) is 4.39 Å². The molecular weight excluding hydrogens is 259 g/mol. The minimum absolute atomic E-state index is 0.262. The van der Waals surface area contributed by atoms with Crippen LogP contribution < -0.4 is 9.47 Å². The van der Waals surface area contributed by atoms with Gasteiger partial charge in [-0.3, -0.25) is 0 Å². The Hall–Kier alpha value is -2.07. The van der Waals surface area contributed by atoms with E-state index >= 15 is 0 Å². The molecule has 0 aliphatic carbocycles. The van der Waals surface area contributed by atoms with Crippen LogP contribution >= 0.6 is 0 Å². The monoisotopic (exact) mass is 276 g/mol. The highest BCUT2D eigenvalue weighted by Crippen LogP contribution is 2.21. The van der Waals surface area contributed by atoms with Crippen LogP contribution in [0.15, 0.2) is 48.5 Å². The number of aliphatic hydroxyl groups excluding tert-OH is 1. The van der Waals surface area contributed by atoms with Crippen LogP contribution in [0.3, 0.4) is 0 Å². The van der Waals surface area contributed by atoms with Gasteiger partial charge in [-0.1, -0.05) is 18.2 Å². The van der Waals surface area contributed by atoms with Crippen LogP contribution in [0.25, 0.3) is 0 Å². The van der Waals surface area contributed by atoms with Crippen molar-refractivity contribution >= 4 is 0 Å². The van der Waals surface area contributed by atoms with E-state index in [0.29, 0.717) is 19.0 Å². The van der Waals surface area contributed by atoms with Gasteiger partial charge in [-0.15, -0.1) is 0 Å². The average Bonchev–Trinajstić information content (AvgIpc) is 2.44. The fraction of sp³-hybridized carbons (Fsp3) is 0.250. The van der Waals surface area contributed by atoms with Crippen molar-refractivity contribution in [2.24, 2.45) is 0 Å². The molecule has 0 aliphatic rings. The number of aliphatic hydroxyl groups is 1. The zero-order chi connectivity index (χ0) is 14.4. The van der Waals surface area contributed by atoms with Gasteiger partial charge in [0.05, 0.1) is 6.10 Å². The standard InChI is InChI=1S/C16H17FO3/c1-12(18)15-8-7-14(11-16(15)17)20-10-9-19-13-5-3-2-4-6-13/h2-8,11-12,18H,9-10H2,1H3/t12-/m1/s1. The summed E-state index contributed by atoms with van der Waals surface area (Å²) in [6.45, 7) is 2.22. The molecular formula is C16H17FO3. The van der Waals surface area contributed by atoms with Gasteiger partial charge in [-0.2, -0.15) is 0 Å². The van der Waals surface area contributed by atoms with Gasteiger partial charge in [0.25, 0.3) is 0 Å². The molecule has 0 saturated carbocycles. The van der Waals surface area contributed by atoms with Crippen molar-refractivity contribution in [3.05, 3.63) is 59.9 Å². The predicted octanol–water partition coefficient (Wildman–Crippen LogP) is 3.34. The summed E-state index contributed by atoms with van der Waals surface area (Å²) in [5.41, 5.74) is 0.262. The molecule has 1 N–H and O–H groups in total. The smallest absolute Gasteiger partial charge is 0.132 e. The van der Waals surface area contributed by atoms with Crippen molar-refractivity contribution in [1.82, 2.24) is 0 Å². The number of halogens is 1. The first-order valence-corrected chi connectivity index (χ1v) is 6.45. The Bertz CT molecular complexity index is 541. The highest BCUT2D eigenvalue weighted by molar-refractivity contribution is 5.30. The number of benzene rings is 2. The zero-order valence-corrected chi connectivity index (χ0v) is 11.3. The molecule has 0 aliphatic heterocycles. The lowest BCUT2D eigenvalue weighted by Crippen LogP contribution is -2.09. The minimum Gasteiger partial charge on any atom is -0.490 e. The second kappa shape index (κ2) is 6.91. The maximum Gasteiger partial charge on any atom is 0.132 e. The number of ether oxygens (including phenoxy) is 2. The third kappa shape index (κ3) is 3.96. The summed E-state index contributed by atoms with van der Waals surface area (Å²) in [6.07, 6.45) is -0.828. The number of hydrogen-bond acceptors (Lipinski definition) is 3. The number of para-hydroxylation sites is 1. The molecule has 20 heavy (non-hydrogen) atoms. The average molecular weight is 276 g/mol. The lowest BCUT2D eigenvalue weighted by molar-refractivity contribution is 0.193. The first kappa shape index (κ1) is 14.3. The summed E-state index contributed by atoms with van der Waals surface area (Å²) in [5, 5.41) is 9.33. The summed E-state index contributed by atoms with van der Waals surface area (Å²) in [6, 6.07) is 13.8. The van der Waals surface area contributed by atoms with Crippen molar-refractivity contribution in [2.45, 2.75) is 13.0 Å². The van der Waals surface area contributed by atoms with Gasteiger partial charge >= 0.3 is 0 Å². The molecule has 2 aromatic carbocycles. The molecule has 0 aromatic heterocycles. The van der Waals surface area contributed by atoms with E-state index in [1.807, 2.05) is 30.3 Å². The molecule has 4 heteroatoms. The van der Waals surface area contributed by atoms with Crippen LogP contribution in [0.2, 0.25) is 0 Å². The molecule has 1 atom stereocenters. The van der Waals surface area contributed by atoms with Crippen LogP contribution in [0, 0.1) is 5.82 Å². The predicted molar refractivity (Wildman–Crippen MR) is 74.5 cm³/mol. The highest BCUT2D eigenvalue weighted by atomic mass is 19.1. The number of hydrogen-bond donors (Lipinski definition) is 1. The molecule has 0 spiro atoms. The quantitative estimate of drug-likeness (QED) is 0.822. The minimum atomic E-state index is -0.828. The molecule has 2 rings (SSSR count). The fourth-order valence-corrected chi connectivity index (χ4v) is 1.77. The van der Waals surface area contributed by atoms with E-state index < -0.39 is 11.9 Å². The molecule has 2 aromatic rings. The molecule has 0 radical (unpaired) electrons. The van der Waals surface area contributed by atoms with Crippen molar-refractivity contribution in [3.8, 4) is 11.5 Å². The van der Waals surface area contributed by atoms with Gasteiger partial charge in [0, 0.05) is 11.6 Å². The second-order valence-corrected chi connectivity index (χ2v) is 4.37. The summed E-state index contributed by atoms with van der Waals surface area (Å²) in [5.74, 6) is 0.719. The Labute approximate surface area is 117 Å². The summed E-state index contributed by atoms with van der Waals surface area (Å²) in [7, 11) is 0. The third-order valence-corrected chi connectivity index (χ3v) is 2.79. The van der Waals surface area contributed by atoms with Crippen LogP contribution in [0.1, 0.15) is 18.6 Å². The topological polar surface area (TPSA) is 38.7 Å². The Morgan fingerprint density at radius 3 is 2.25 bits per heavy atom. The molecule has 3 nitrogen and oxygen atoms in total. The van der Waals surface area contributed by atoms with E-state index in [1.54, 1.807) is 6.07 Å². The Kier molecular flexibility index (Phi) is 4.96. The summed E-state index contributed by atoms with van der Waals surface area (Å²) in [4.78, 5) is 0. The SMILES string of the molecule is C[C@@H](O)c1ccc(OCCOc2ccccc2)cc1F. The largest absolute Gasteiger partial charge is 0.490 e. The lowest BCUT2D eigenvalue weighted by atomic mass is 10.1. The maximum absolute atomic E-state index is 13.6. The van der Waals surface area contributed by atoms with Crippen LogP contribution in [0.4, 0.5) is 4.39 Å². The lowest BCUT2D eigenvalue weighted by Gasteiger charge is -2.10. The van der Waals surface area contributed by atoms with Gasteiger partial charge in [0.1, 0.15) is 30.5 Å². The van der Waals surface area contributed by atoms with Gasteiger partial charge in [0.15, 0.2) is 0 Å². The molecule has 0 amide bonds. The maximum atomic E-state index is 13.6. The van der Waals surface area contributed by atoms with E-state index in [2.05, 4.69) is 0 Å². The van der Waals surface area contributed by atoms with E-state index in [0.717, 1.165) is 5.75 Å². The van der Waals surface area contributed by atoms with Crippen molar-refractivity contribution in [1.29, 1.82) is 0 Å². The van der Waals surface area contributed by atoms with E-state index in [9.17, 15) is 9.50 Å². The van der Waals surface area contributed by atoms with E-state index in [1.165, 1.54) is 19.1 Å².